The highest BCUT2D eigenvalue weighted by Gasteiger charge is 2.25. The number of hydrogen-bond donors (Lipinski definition) is 1. The lowest BCUT2D eigenvalue weighted by atomic mass is 9.96. The molecule has 0 bridgehead atoms. The number of nitrogens with one attached hydrogen (secondary N) is 1. The van der Waals surface area contributed by atoms with E-state index in [1.165, 1.54) is 11.8 Å². The van der Waals surface area contributed by atoms with Gasteiger partial charge in [0.2, 0.25) is 0 Å². The van der Waals surface area contributed by atoms with Crippen LogP contribution in [0.1, 0.15) is 40.6 Å². The summed E-state index contributed by atoms with van der Waals surface area (Å²) in [7, 11) is 1.15. The number of fused-ring (bicyclic) bond motifs is 1. The molecular weight excluding hydrogens is 294 g/mol. The maximum atomic E-state index is 12.1. The summed E-state index contributed by atoms with van der Waals surface area (Å²) in [6.07, 6.45) is 2.12. The largest absolute Gasteiger partial charge is 0.453 e. The van der Waals surface area contributed by atoms with E-state index in [1.54, 1.807) is 16.7 Å². The summed E-state index contributed by atoms with van der Waals surface area (Å²) in [5.41, 5.74) is 1.57. The molecule has 0 radical (unpaired) electrons. The van der Waals surface area contributed by atoms with Gasteiger partial charge in [0.1, 0.15) is 0 Å². The number of carbonyl (C=O) groups excluding carboxylic acids is 3. The Hall–Kier alpha value is -1.89. The summed E-state index contributed by atoms with van der Waals surface area (Å²) >= 11 is 1.55. The lowest BCUT2D eigenvalue weighted by Gasteiger charge is -2.15. The molecule has 0 aromatic carbocycles. The number of thiophene rings is 1. The molecule has 6 nitrogen and oxygen atoms in total. The molecular formula is C14H17NO5S. The van der Waals surface area contributed by atoms with Gasteiger partial charge < -0.3 is 9.47 Å². The number of ether oxygens (including phenoxy) is 2. The molecule has 2 amide bonds. The Bertz CT molecular complexity index is 566. The van der Waals surface area contributed by atoms with Crippen molar-refractivity contribution in [3.63, 3.8) is 0 Å². The zero-order valence-electron chi connectivity index (χ0n) is 11.9. The molecule has 0 aliphatic heterocycles. The van der Waals surface area contributed by atoms with E-state index in [-0.39, 0.29) is 0 Å². The molecule has 1 N–H and O–H groups in total. The van der Waals surface area contributed by atoms with Gasteiger partial charge in [0, 0.05) is 10.3 Å². The van der Waals surface area contributed by atoms with Gasteiger partial charge in [-0.15, -0.1) is 11.3 Å². The Morgan fingerprint density at radius 3 is 2.71 bits per heavy atom. The van der Waals surface area contributed by atoms with Crippen molar-refractivity contribution in [2.24, 2.45) is 0 Å². The first-order chi connectivity index (χ1) is 10.0. The van der Waals surface area contributed by atoms with Gasteiger partial charge in [-0.25, -0.2) is 9.59 Å². The molecule has 1 aliphatic carbocycles. The van der Waals surface area contributed by atoms with Crippen LogP contribution in [0.4, 0.5) is 4.79 Å². The van der Waals surface area contributed by atoms with Crippen LogP contribution in [-0.4, -0.2) is 31.2 Å². The summed E-state index contributed by atoms with van der Waals surface area (Å²) in [6, 6.07) is 0. The van der Waals surface area contributed by atoms with Crippen LogP contribution in [0.25, 0.3) is 0 Å². The van der Waals surface area contributed by atoms with E-state index < -0.39 is 24.1 Å². The molecule has 2 rings (SSSR count). The SMILES string of the molecule is COC(=O)NC(=O)[C@@H](C)OC(=O)c1csc2c1CCCC2. The van der Waals surface area contributed by atoms with Gasteiger partial charge >= 0.3 is 12.1 Å². The van der Waals surface area contributed by atoms with E-state index in [0.717, 1.165) is 38.4 Å². The van der Waals surface area contributed by atoms with E-state index in [2.05, 4.69) is 4.74 Å². The Morgan fingerprint density at radius 2 is 2.00 bits per heavy atom. The van der Waals surface area contributed by atoms with Gasteiger partial charge in [-0.1, -0.05) is 0 Å². The molecule has 114 valence electrons. The summed E-state index contributed by atoms with van der Waals surface area (Å²) in [5, 5.41) is 3.75. The van der Waals surface area contributed by atoms with Gasteiger partial charge in [0.05, 0.1) is 12.7 Å². The lowest BCUT2D eigenvalue weighted by molar-refractivity contribution is -0.128. The highest BCUT2D eigenvalue weighted by atomic mass is 32.1. The van der Waals surface area contributed by atoms with Crippen molar-refractivity contribution in [3.8, 4) is 0 Å². The minimum atomic E-state index is -1.06. The topological polar surface area (TPSA) is 81.7 Å². The lowest BCUT2D eigenvalue weighted by Crippen LogP contribution is -2.39. The zero-order chi connectivity index (χ0) is 15.4. The molecule has 0 unspecified atom stereocenters. The molecule has 0 saturated heterocycles. The summed E-state index contributed by atoms with van der Waals surface area (Å²) < 4.78 is 9.43. The normalized spacial score (nSPS) is 14.8. The first kappa shape index (κ1) is 15.5. The average molecular weight is 311 g/mol. The molecule has 7 heteroatoms. The van der Waals surface area contributed by atoms with Gasteiger partial charge in [-0.05, 0) is 38.2 Å². The van der Waals surface area contributed by atoms with E-state index >= 15 is 0 Å². The van der Waals surface area contributed by atoms with Crippen LogP contribution in [0, 0.1) is 0 Å². The van der Waals surface area contributed by atoms with E-state index in [1.807, 2.05) is 5.32 Å². The van der Waals surface area contributed by atoms with Crippen molar-refractivity contribution in [2.45, 2.75) is 38.7 Å². The second kappa shape index (κ2) is 6.71. The molecule has 0 fully saturated rings. The van der Waals surface area contributed by atoms with Crippen LogP contribution in [0.5, 0.6) is 0 Å². The molecule has 1 heterocycles. The number of imide groups is 1. The third-order valence-electron chi connectivity index (χ3n) is 3.34. The minimum Gasteiger partial charge on any atom is -0.453 e. The van der Waals surface area contributed by atoms with Crippen LogP contribution < -0.4 is 5.32 Å². The van der Waals surface area contributed by atoms with Crippen LogP contribution in [0.3, 0.4) is 0 Å². The van der Waals surface area contributed by atoms with Crippen LogP contribution in [0.2, 0.25) is 0 Å². The number of methoxy groups -OCH3 is 1. The van der Waals surface area contributed by atoms with Crippen molar-refractivity contribution in [1.82, 2.24) is 5.32 Å². The van der Waals surface area contributed by atoms with Gasteiger partial charge in [-0.2, -0.15) is 0 Å². The van der Waals surface area contributed by atoms with Gasteiger partial charge in [-0.3, -0.25) is 10.1 Å². The number of esters is 1. The van der Waals surface area contributed by atoms with Crippen molar-refractivity contribution >= 4 is 29.3 Å². The third-order valence-corrected chi connectivity index (χ3v) is 4.43. The molecule has 1 aromatic rings. The number of rotatable bonds is 3. The zero-order valence-corrected chi connectivity index (χ0v) is 12.7. The molecule has 1 aromatic heterocycles. The van der Waals surface area contributed by atoms with Crippen molar-refractivity contribution in [1.29, 1.82) is 0 Å². The molecule has 21 heavy (non-hydrogen) atoms. The van der Waals surface area contributed by atoms with Crippen LogP contribution >= 0.6 is 11.3 Å². The summed E-state index contributed by atoms with van der Waals surface area (Å²) in [4.78, 5) is 35.9. The predicted octanol–water partition coefficient (Wildman–Crippen LogP) is 2.05. The number of amides is 2. The van der Waals surface area contributed by atoms with Crippen molar-refractivity contribution in [3.05, 3.63) is 21.4 Å². The van der Waals surface area contributed by atoms with E-state index in [0.29, 0.717) is 5.56 Å². The molecule has 1 aliphatic rings. The average Bonchev–Trinajstić information content (AvgIpc) is 2.90. The second-order valence-corrected chi connectivity index (χ2v) is 5.75. The maximum Gasteiger partial charge on any atom is 0.413 e. The number of carbonyl (C=O) groups is 3. The Balaban J connectivity index is 1.99. The predicted molar refractivity (Wildman–Crippen MR) is 76.4 cm³/mol. The standard InChI is InChI=1S/C14H17NO5S/c1-8(12(16)15-14(18)19-2)20-13(17)10-7-21-11-6-4-3-5-9(10)11/h7-8H,3-6H2,1-2H3,(H,15,16,18)/t8-/m1/s1. The van der Waals surface area contributed by atoms with Crippen molar-refractivity contribution < 1.29 is 23.9 Å². The quantitative estimate of drug-likeness (QED) is 0.864. The fraction of sp³-hybridized carbons (Fsp3) is 0.500. The first-order valence-corrected chi connectivity index (χ1v) is 7.60. The van der Waals surface area contributed by atoms with Crippen LogP contribution in [-0.2, 0) is 27.1 Å². The molecule has 0 saturated carbocycles. The van der Waals surface area contributed by atoms with Crippen LogP contribution in [0.15, 0.2) is 5.38 Å². The Morgan fingerprint density at radius 1 is 1.29 bits per heavy atom. The maximum absolute atomic E-state index is 12.1. The molecule has 1 atom stereocenters. The first-order valence-electron chi connectivity index (χ1n) is 6.72. The minimum absolute atomic E-state index is 0.526. The number of alkyl carbamates (subject to hydrolysis) is 1. The number of hydrogen-bond acceptors (Lipinski definition) is 6. The highest BCUT2D eigenvalue weighted by Crippen LogP contribution is 2.30. The summed E-state index contributed by atoms with van der Waals surface area (Å²) in [5.74, 6) is -1.23. The molecule has 0 spiro atoms. The monoisotopic (exact) mass is 311 g/mol. The van der Waals surface area contributed by atoms with Gasteiger partial charge in [0.25, 0.3) is 5.91 Å². The second-order valence-electron chi connectivity index (χ2n) is 4.79. The summed E-state index contributed by atoms with van der Waals surface area (Å²) in [6.45, 7) is 1.41. The fourth-order valence-corrected chi connectivity index (χ4v) is 3.31. The highest BCUT2D eigenvalue weighted by molar-refractivity contribution is 7.10. The Labute approximate surface area is 126 Å². The third kappa shape index (κ3) is 3.60. The Kier molecular flexibility index (Phi) is 4.95. The van der Waals surface area contributed by atoms with E-state index in [9.17, 15) is 14.4 Å². The fourth-order valence-electron chi connectivity index (χ4n) is 2.20. The van der Waals surface area contributed by atoms with Crippen molar-refractivity contribution in [2.75, 3.05) is 7.11 Å². The number of aryl methyl sites for hydroxylation is 1. The van der Waals surface area contributed by atoms with Gasteiger partial charge in [0.15, 0.2) is 6.10 Å². The van der Waals surface area contributed by atoms with E-state index in [4.69, 9.17) is 4.74 Å². The smallest absolute Gasteiger partial charge is 0.413 e.